The fourth-order valence-corrected chi connectivity index (χ4v) is 1.94. The number of ether oxygens (including phenoxy) is 2. The number of methoxy groups -OCH3 is 1. The number of alkyl halides is 1. The van der Waals surface area contributed by atoms with Gasteiger partial charge in [0, 0.05) is 0 Å². The molecule has 0 bridgehead atoms. The van der Waals surface area contributed by atoms with Crippen molar-refractivity contribution in [3.8, 4) is 5.75 Å². The second kappa shape index (κ2) is 5.87. The van der Waals surface area contributed by atoms with Gasteiger partial charge in [0.25, 0.3) is 0 Å². The van der Waals surface area contributed by atoms with Crippen LogP contribution in [0.4, 0.5) is 0 Å². The zero-order chi connectivity index (χ0) is 13.0. The third kappa shape index (κ3) is 3.01. The molecule has 0 aliphatic rings. The molecule has 94 valence electrons. The van der Waals surface area contributed by atoms with Crippen molar-refractivity contribution in [2.24, 2.45) is 0 Å². The van der Waals surface area contributed by atoms with Gasteiger partial charge in [0.1, 0.15) is 17.2 Å². The SMILES string of the molecule is COC(=O)C(Br)COc1ccc2ccccc2c1. The van der Waals surface area contributed by atoms with Crippen LogP contribution < -0.4 is 4.74 Å². The van der Waals surface area contributed by atoms with Crippen molar-refractivity contribution in [2.45, 2.75) is 4.83 Å². The van der Waals surface area contributed by atoms with Crippen molar-refractivity contribution in [3.63, 3.8) is 0 Å². The number of rotatable bonds is 4. The molecule has 18 heavy (non-hydrogen) atoms. The molecule has 0 radical (unpaired) electrons. The summed E-state index contributed by atoms with van der Waals surface area (Å²) >= 11 is 3.21. The van der Waals surface area contributed by atoms with Crippen LogP contribution in [0.25, 0.3) is 10.8 Å². The quantitative estimate of drug-likeness (QED) is 0.643. The van der Waals surface area contributed by atoms with E-state index in [-0.39, 0.29) is 12.6 Å². The number of benzene rings is 2. The van der Waals surface area contributed by atoms with E-state index in [1.54, 1.807) is 0 Å². The molecule has 0 saturated heterocycles. The molecule has 0 saturated carbocycles. The second-order valence-corrected chi connectivity index (χ2v) is 4.92. The van der Waals surface area contributed by atoms with E-state index in [1.165, 1.54) is 7.11 Å². The van der Waals surface area contributed by atoms with Crippen LogP contribution in [0.15, 0.2) is 42.5 Å². The molecule has 3 nitrogen and oxygen atoms in total. The third-order valence-electron chi connectivity index (χ3n) is 2.57. The van der Waals surface area contributed by atoms with Gasteiger partial charge in [-0.2, -0.15) is 0 Å². The highest BCUT2D eigenvalue weighted by molar-refractivity contribution is 9.10. The summed E-state index contributed by atoms with van der Waals surface area (Å²) in [5, 5.41) is 2.27. The molecule has 0 amide bonds. The minimum Gasteiger partial charge on any atom is -0.492 e. The summed E-state index contributed by atoms with van der Waals surface area (Å²) in [7, 11) is 1.35. The summed E-state index contributed by atoms with van der Waals surface area (Å²) in [5.41, 5.74) is 0. The molecule has 1 atom stereocenters. The van der Waals surface area contributed by atoms with Gasteiger partial charge in [-0.1, -0.05) is 46.3 Å². The normalized spacial score (nSPS) is 12.1. The number of hydrogen-bond acceptors (Lipinski definition) is 3. The molecule has 2 aromatic rings. The second-order valence-electron chi connectivity index (χ2n) is 3.81. The Morgan fingerprint density at radius 2 is 1.94 bits per heavy atom. The Morgan fingerprint density at radius 3 is 2.67 bits per heavy atom. The predicted octanol–water partition coefficient (Wildman–Crippen LogP) is 3.16. The van der Waals surface area contributed by atoms with Crippen molar-refractivity contribution < 1.29 is 14.3 Å². The number of fused-ring (bicyclic) bond motifs is 1. The van der Waals surface area contributed by atoms with Crippen molar-refractivity contribution in [1.29, 1.82) is 0 Å². The van der Waals surface area contributed by atoms with E-state index in [0.29, 0.717) is 0 Å². The van der Waals surface area contributed by atoms with E-state index in [1.807, 2.05) is 42.5 Å². The molecule has 0 N–H and O–H groups in total. The lowest BCUT2D eigenvalue weighted by Crippen LogP contribution is -2.22. The average molecular weight is 309 g/mol. The van der Waals surface area contributed by atoms with Gasteiger partial charge in [-0.15, -0.1) is 0 Å². The molecular formula is C14H13BrO3. The Balaban J connectivity index is 2.06. The first kappa shape index (κ1) is 12.9. The van der Waals surface area contributed by atoms with E-state index in [2.05, 4.69) is 20.7 Å². The standard InChI is InChI=1S/C14H13BrO3/c1-17-14(16)13(15)9-18-12-7-6-10-4-2-3-5-11(10)8-12/h2-8,13H,9H2,1H3. The zero-order valence-corrected chi connectivity index (χ0v) is 11.5. The maximum absolute atomic E-state index is 11.2. The molecule has 1 unspecified atom stereocenters. The molecule has 0 aliphatic carbocycles. The van der Waals surface area contributed by atoms with Gasteiger partial charge in [-0.25, -0.2) is 0 Å². The maximum atomic E-state index is 11.2. The van der Waals surface area contributed by atoms with E-state index in [9.17, 15) is 4.79 Å². The van der Waals surface area contributed by atoms with Crippen LogP contribution >= 0.6 is 15.9 Å². The minimum atomic E-state index is -0.450. The molecule has 0 aromatic heterocycles. The highest BCUT2D eigenvalue weighted by atomic mass is 79.9. The van der Waals surface area contributed by atoms with Gasteiger partial charge in [-0.3, -0.25) is 4.79 Å². The van der Waals surface area contributed by atoms with E-state index in [0.717, 1.165) is 16.5 Å². The predicted molar refractivity (Wildman–Crippen MR) is 74.2 cm³/mol. The van der Waals surface area contributed by atoms with Crippen molar-refractivity contribution in [2.75, 3.05) is 13.7 Å². The van der Waals surface area contributed by atoms with Crippen molar-refractivity contribution >= 4 is 32.7 Å². The number of carbonyl (C=O) groups excluding carboxylic acids is 1. The molecule has 0 heterocycles. The Bertz CT molecular complexity index is 553. The Kier molecular flexibility index (Phi) is 4.20. The van der Waals surface area contributed by atoms with Crippen LogP contribution in [0.2, 0.25) is 0 Å². The van der Waals surface area contributed by atoms with Crippen LogP contribution in [0.5, 0.6) is 5.75 Å². The Morgan fingerprint density at radius 1 is 1.22 bits per heavy atom. The van der Waals surface area contributed by atoms with Crippen LogP contribution in [0.1, 0.15) is 0 Å². The van der Waals surface area contributed by atoms with Crippen LogP contribution in [0, 0.1) is 0 Å². The Hall–Kier alpha value is -1.55. The molecule has 4 heteroatoms. The fraction of sp³-hybridized carbons (Fsp3) is 0.214. The molecule has 2 rings (SSSR count). The monoisotopic (exact) mass is 308 g/mol. The molecular weight excluding hydrogens is 296 g/mol. The van der Waals surface area contributed by atoms with Crippen LogP contribution in [-0.4, -0.2) is 24.5 Å². The smallest absolute Gasteiger partial charge is 0.322 e. The van der Waals surface area contributed by atoms with Gasteiger partial charge in [-0.05, 0) is 22.9 Å². The zero-order valence-electron chi connectivity index (χ0n) is 9.93. The number of esters is 1. The summed E-state index contributed by atoms with van der Waals surface area (Å²) < 4.78 is 10.2. The van der Waals surface area contributed by atoms with E-state index in [4.69, 9.17) is 4.74 Å². The number of carbonyl (C=O) groups is 1. The van der Waals surface area contributed by atoms with Gasteiger partial charge in [0.2, 0.25) is 0 Å². The first-order valence-electron chi connectivity index (χ1n) is 5.54. The summed E-state index contributed by atoms with van der Waals surface area (Å²) in [6.45, 7) is 0.241. The lowest BCUT2D eigenvalue weighted by molar-refractivity contribution is -0.140. The van der Waals surface area contributed by atoms with Gasteiger partial charge in [0.15, 0.2) is 0 Å². The summed E-state index contributed by atoms with van der Waals surface area (Å²) in [6, 6.07) is 13.9. The van der Waals surface area contributed by atoms with Crippen LogP contribution in [-0.2, 0) is 9.53 Å². The Labute approximate surface area is 114 Å². The highest BCUT2D eigenvalue weighted by Crippen LogP contribution is 2.21. The molecule has 0 aliphatic heterocycles. The van der Waals surface area contributed by atoms with E-state index >= 15 is 0 Å². The van der Waals surface area contributed by atoms with Crippen LogP contribution in [0.3, 0.4) is 0 Å². The largest absolute Gasteiger partial charge is 0.492 e. The topological polar surface area (TPSA) is 35.5 Å². The van der Waals surface area contributed by atoms with E-state index < -0.39 is 4.83 Å². The molecule has 0 fully saturated rings. The fourth-order valence-electron chi connectivity index (χ4n) is 1.62. The molecule has 0 spiro atoms. The minimum absolute atomic E-state index is 0.241. The average Bonchev–Trinajstić information content (AvgIpc) is 2.43. The van der Waals surface area contributed by atoms with Gasteiger partial charge >= 0.3 is 5.97 Å². The summed E-state index contributed by atoms with van der Waals surface area (Å²) in [5.74, 6) is 0.401. The molecule has 2 aromatic carbocycles. The highest BCUT2D eigenvalue weighted by Gasteiger charge is 2.15. The first-order chi connectivity index (χ1) is 8.70. The number of halogens is 1. The first-order valence-corrected chi connectivity index (χ1v) is 6.46. The maximum Gasteiger partial charge on any atom is 0.322 e. The lowest BCUT2D eigenvalue weighted by atomic mass is 10.1. The lowest BCUT2D eigenvalue weighted by Gasteiger charge is -2.10. The van der Waals surface area contributed by atoms with Gasteiger partial charge in [0.05, 0.1) is 7.11 Å². The van der Waals surface area contributed by atoms with Crippen molar-refractivity contribution in [3.05, 3.63) is 42.5 Å². The summed E-state index contributed by atoms with van der Waals surface area (Å²) in [6.07, 6.45) is 0. The van der Waals surface area contributed by atoms with Crippen molar-refractivity contribution in [1.82, 2.24) is 0 Å². The number of hydrogen-bond donors (Lipinski definition) is 0. The third-order valence-corrected chi connectivity index (χ3v) is 3.21. The summed E-state index contributed by atoms with van der Waals surface area (Å²) in [4.78, 5) is 10.7. The van der Waals surface area contributed by atoms with Gasteiger partial charge < -0.3 is 9.47 Å².